The van der Waals surface area contributed by atoms with Crippen LogP contribution in [0.5, 0.6) is 0 Å². The van der Waals surface area contributed by atoms with E-state index in [9.17, 15) is 28.1 Å². The molecule has 26 heavy (non-hydrogen) atoms. The van der Waals surface area contributed by atoms with Gasteiger partial charge in [0.25, 0.3) is 5.69 Å². The monoisotopic (exact) mass is 424 g/mol. The van der Waals surface area contributed by atoms with E-state index in [4.69, 9.17) is 23.2 Å². The summed E-state index contributed by atoms with van der Waals surface area (Å²) in [5.74, 6) is -0.959. The van der Waals surface area contributed by atoms with Gasteiger partial charge < -0.3 is 5.32 Å². The number of nitro groups is 1. The average Bonchev–Trinajstić information content (AvgIpc) is 2.54. The first-order valence-electron chi connectivity index (χ1n) is 6.81. The highest BCUT2D eigenvalue weighted by Crippen LogP contribution is 2.37. The Labute approximate surface area is 159 Å². The van der Waals surface area contributed by atoms with Gasteiger partial charge in [-0.25, -0.2) is 0 Å². The Balaban J connectivity index is 2.15. The van der Waals surface area contributed by atoms with Crippen LogP contribution in [-0.4, -0.2) is 16.6 Å². The average molecular weight is 425 g/mol. The molecular formula is C15H9Cl2F3N2O3S. The third-order valence-corrected chi connectivity index (χ3v) is 4.78. The number of carbonyl (C=O) groups is 1. The standard InChI is InChI=1S/C15H9Cl2F3N2O3S/c16-8-1-3-11(17)13(5-8)26-7-14(23)21-12-4-2-9(22(24)25)6-10(12)15(18,19)20/h1-6H,7H2,(H,21,23). The molecule has 138 valence electrons. The minimum Gasteiger partial charge on any atom is -0.325 e. The number of nitro benzene ring substituents is 1. The molecular weight excluding hydrogens is 416 g/mol. The molecule has 0 atom stereocenters. The number of non-ortho nitro benzene ring substituents is 1. The molecule has 2 aromatic rings. The van der Waals surface area contributed by atoms with Crippen molar-refractivity contribution in [2.24, 2.45) is 0 Å². The second kappa shape index (κ2) is 8.15. The van der Waals surface area contributed by atoms with Gasteiger partial charge in [0.15, 0.2) is 0 Å². The number of anilines is 1. The lowest BCUT2D eigenvalue weighted by atomic mass is 10.1. The Bertz CT molecular complexity index is 863. The molecule has 0 spiro atoms. The van der Waals surface area contributed by atoms with Crippen LogP contribution >= 0.6 is 35.0 Å². The topological polar surface area (TPSA) is 72.2 Å². The largest absolute Gasteiger partial charge is 0.418 e. The van der Waals surface area contributed by atoms with Crippen molar-refractivity contribution < 1.29 is 22.9 Å². The number of nitrogens with zero attached hydrogens (tertiary/aromatic N) is 1. The van der Waals surface area contributed by atoms with Gasteiger partial charge in [0.05, 0.1) is 26.9 Å². The van der Waals surface area contributed by atoms with Crippen molar-refractivity contribution in [3.05, 3.63) is 62.1 Å². The number of hydrogen-bond acceptors (Lipinski definition) is 4. The second-order valence-electron chi connectivity index (χ2n) is 4.90. The summed E-state index contributed by atoms with van der Waals surface area (Å²) in [6, 6.07) is 6.70. The van der Waals surface area contributed by atoms with Crippen LogP contribution in [-0.2, 0) is 11.0 Å². The molecule has 5 nitrogen and oxygen atoms in total. The first-order chi connectivity index (χ1) is 12.1. The molecule has 11 heteroatoms. The molecule has 0 aliphatic carbocycles. The smallest absolute Gasteiger partial charge is 0.325 e. The van der Waals surface area contributed by atoms with E-state index in [2.05, 4.69) is 5.32 Å². The van der Waals surface area contributed by atoms with Crippen LogP contribution in [0.1, 0.15) is 5.56 Å². The maximum Gasteiger partial charge on any atom is 0.418 e. The van der Waals surface area contributed by atoms with Crippen LogP contribution < -0.4 is 5.32 Å². The van der Waals surface area contributed by atoms with Gasteiger partial charge >= 0.3 is 6.18 Å². The Morgan fingerprint density at radius 2 is 1.88 bits per heavy atom. The summed E-state index contributed by atoms with van der Waals surface area (Å²) >= 11 is 12.8. The molecule has 2 rings (SSSR count). The zero-order valence-corrected chi connectivity index (χ0v) is 15.0. The zero-order chi connectivity index (χ0) is 19.5. The van der Waals surface area contributed by atoms with Crippen LogP contribution in [0.25, 0.3) is 0 Å². The molecule has 0 bridgehead atoms. The Hall–Kier alpha value is -1.97. The van der Waals surface area contributed by atoms with Gasteiger partial charge in [-0.05, 0) is 24.3 Å². The zero-order valence-electron chi connectivity index (χ0n) is 12.6. The van der Waals surface area contributed by atoms with Crippen molar-refractivity contribution in [3.8, 4) is 0 Å². The van der Waals surface area contributed by atoms with Crippen LogP contribution in [0.2, 0.25) is 10.0 Å². The second-order valence-corrected chi connectivity index (χ2v) is 6.76. The number of alkyl halides is 3. The molecule has 0 unspecified atom stereocenters. The van der Waals surface area contributed by atoms with Crippen molar-refractivity contribution in [3.63, 3.8) is 0 Å². The fourth-order valence-electron chi connectivity index (χ4n) is 1.91. The number of hydrogen-bond donors (Lipinski definition) is 1. The first-order valence-corrected chi connectivity index (χ1v) is 8.55. The maximum absolute atomic E-state index is 13.1. The van der Waals surface area contributed by atoms with E-state index in [0.717, 1.165) is 23.9 Å². The number of thioether (sulfide) groups is 1. The third kappa shape index (κ3) is 5.26. The summed E-state index contributed by atoms with van der Waals surface area (Å²) < 4.78 is 39.2. The highest BCUT2D eigenvalue weighted by molar-refractivity contribution is 8.00. The number of benzene rings is 2. The summed E-state index contributed by atoms with van der Waals surface area (Å²) in [6.45, 7) is 0. The number of rotatable bonds is 5. The number of amides is 1. The Morgan fingerprint density at radius 1 is 1.19 bits per heavy atom. The van der Waals surface area contributed by atoms with Gasteiger partial charge in [0.2, 0.25) is 5.91 Å². The van der Waals surface area contributed by atoms with Crippen molar-refractivity contribution in [1.82, 2.24) is 0 Å². The molecule has 0 saturated heterocycles. The minimum absolute atomic E-state index is 0.228. The molecule has 0 aromatic heterocycles. The van der Waals surface area contributed by atoms with Gasteiger partial charge in [-0.3, -0.25) is 14.9 Å². The molecule has 0 fully saturated rings. The van der Waals surface area contributed by atoms with Crippen LogP contribution in [0.4, 0.5) is 24.5 Å². The number of halogens is 5. The van der Waals surface area contributed by atoms with Gasteiger partial charge in [-0.15, -0.1) is 11.8 Å². The van der Waals surface area contributed by atoms with E-state index in [1.165, 1.54) is 12.1 Å². The SMILES string of the molecule is O=C(CSc1cc(Cl)ccc1Cl)Nc1ccc([N+](=O)[O-])cc1C(F)(F)F. The van der Waals surface area contributed by atoms with Gasteiger partial charge in [0, 0.05) is 22.1 Å². The van der Waals surface area contributed by atoms with Gasteiger partial charge in [-0.2, -0.15) is 13.2 Å². The summed E-state index contributed by atoms with van der Waals surface area (Å²) in [4.78, 5) is 22.2. The van der Waals surface area contributed by atoms with E-state index in [0.29, 0.717) is 21.0 Å². The molecule has 2 aromatic carbocycles. The van der Waals surface area contributed by atoms with E-state index < -0.39 is 33.9 Å². The van der Waals surface area contributed by atoms with E-state index in [-0.39, 0.29) is 5.75 Å². The van der Waals surface area contributed by atoms with Gasteiger partial charge in [0.1, 0.15) is 0 Å². The summed E-state index contributed by atoms with van der Waals surface area (Å²) in [5, 5.41) is 13.5. The maximum atomic E-state index is 13.1. The lowest BCUT2D eigenvalue weighted by Crippen LogP contribution is -2.18. The van der Waals surface area contributed by atoms with E-state index in [1.807, 2.05) is 0 Å². The quantitative estimate of drug-likeness (QED) is 0.382. The van der Waals surface area contributed by atoms with Crippen molar-refractivity contribution in [2.45, 2.75) is 11.1 Å². The molecule has 0 aliphatic rings. The normalized spacial score (nSPS) is 11.3. The molecule has 0 heterocycles. The summed E-state index contributed by atoms with van der Waals surface area (Å²) in [5.41, 5.74) is -2.59. The number of nitrogens with one attached hydrogen (secondary N) is 1. The van der Waals surface area contributed by atoms with E-state index >= 15 is 0 Å². The Morgan fingerprint density at radius 3 is 2.50 bits per heavy atom. The van der Waals surface area contributed by atoms with E-state index in [1.54, 1.807) is 6.07 Å². The van der Waals surface area contributed by atoms with Crippen LogP contribution in [0.15, 0.2) is 41.3 Å². The van der Waals surface area contributed by atoms with Crippen molar-refractivity contribution in [1.29, 1.82) is 0 Å². The third-order valence-electron chi connectivity index (χ3n) is 3.05. The predicted molar refractivity (Wildman–Crippen MR) is 93.9 cm³/mol. The van der Waals surface area contributed by atoms with Crippen molar-refractivity contribution >= 4 is 52.2 Å². The summed E-state index contributed by atoms with van der Waals surface area (Å²) in [6.07, 6.45) is -4.86. The lowest BCUT2D eigenvalue weighted by Gasteiger charge is -2.13. The molecule has 0 radical (unpaired) electrons. The van der Waals surface area contributed by atoms with Crippen molar-refractivity contribution in [2.75, 3.05) is 11.1 Å². The summed E-state index contributed by atoms with van der Waals surface area (Å²) in [7, 11) is 0. The van der Waals surface area contributed by atoms with Crippen LogP contribution in [0.3, 0.4) is 0 Å². The molecule has 0 aliphatic heterocycles. The van der Waals surface area contributed by atoms with Crippen LogP contribution in [0, 0.1) is 10.1 Å². The fourth-order valence-corrected chi connectivity index (χ4v) is 3.20. The highest BCUT2D eigenvalue weighted by Gasteiger charge is 2.35. The fraction of sp³-hybridized carbons (Fsp3) is 0.133. The Kier molecular flexibility index (Phi) is 6.38. The lowest BCUT2D eigenvalue weighted by molar-refractivity contribution is -0.385. The van der Waals surface area contributed by atoms with Gasteiger partial charge in [-0.1, -0.05) is 23.2 Å². The minimum atomic E-state index is -4.86. The predicted octanol–water partition coefficient (Wildman–Crippen LogP) is 5.65. The first kappa shape index (κ1) is 20.3. The molecule has 0 saturated carbocycles. The number of carbonyl (C=O) groups excluding carboxylic acids is 1. The highest BCUT2D eigenvalue weighted by atomic mass is 35.5. The molecule has 1 N–H and O–H groups in total. The molecule has 1 amide bonds.